The molecule has 1 fully saturated rings. The van der Waals surface area contributed by atoms with Crippen LogP contribution in [0.1, 0.15) is 226 Å². The Bertz CT molecular complexity index is 1100. The van der Waals surface area contributed by atoms with Crippen LogP contribution in [-0.4, -0.2) is 89.6 Å². The third-order valence-corrected chi connectivity index (χ3v) is 12.0. The molecule has 63 heavy (non-hydrogen) atoms. The number of ether oxygens (including phenoxy) is 4. The summed E-state index contributed by atoms with van der Waals surface area (Å²) in [5.41, 5.74) is 0. The standard InChI is InChI=1S/C54H98O9/c1-3-5-7-9-11-13-15-17-19-21-22-23-24-25-26-27-29-31-33-35-37-39-41-43-50(56)62-48(47-61-54-53(59)52(58)51(57)49(45-55)63-54)46-60-44-42-40-38-36-34-32-30-28-20-18-16-14-12-10-8-6-4-2/h15,17,20-22,24-25,28,48-49,51-55,57-59H,3-14,16,18-19,23,26-27,29-47H2,1-2H3/b17-15-,22-21-,25-24-,28-20-. The molecule has 0 spiro atoms. The van der Waals surface area contributed by atoms with Gasteiger partial charge in [-0.2, -0.15) is 0 Å². The molecule has 9 heteroatoms. The van der Waals surface area contributed by atoms with Gasteiger partial charge in [0.2, 0.25) is 0 Å². The fourth-order valence-corrected chi connectivity index (χ4v) is 7.85. The number of unbranched alkanes of at least 4 members (excludes halogenated alkanes) is 26. The maximum atomic E-state index is 12.8. The predicted octanol–water partition coefficient (Wildman–Crippen LogP) is 12.9. The SMILES string of the molecule is CCCCCCC/C=C\C/C=C\C/C=C\CCCCCCCCCCC(=O)OC(COCCCCCCCC/C=C\CCCCCCCCC)COC1OC(CO)C(O)C(O)C1O. The van der Waals surface area contributed by atoms with Crippen LogP contribution in [0.4, 0.5) is 0 Å². The molecule has 1 aliphatic rings. The lowest BCUT2D eigenvalue weighted by Gasteiger charge is -2.39. The molecule has 1 rings (SSSR count). The van der Waals surface area contributed by atoms with Gasteiger partial charge in [-0.15, -0.1) is 0 Å². The molecular weight excluding hydrogens is 793 g/mol. The van der Waals surface area contributed by atoms with Gasteiger partial charge in [0.1, 0.15) is 30.5 Å². The molecule has 0 saturated carbocycles. The molecular formula is C54H98O9. The fraction of sp³-hybridized carbons (Fsp3) is 0.833. The van der Waals surface area contributed by atoms with Crippen LogP contribution in [0, 0.1) is 0 Å². The van der Waals surface area contributed by atoms with Crippen LogP contribution in [-0.2, 0) is 23.7 Å². The lowest BCUT2D eigenvalue weighted by molar-refractivity contribution is -0.305. The average Bonchev–Trinajstić information content (AvgIpc) is 3.28. The number of rotatable bonds is 45. The van der Waals surface area contributed by atoms with Crippen molar-refractivity contribution < 1.29 is 44.2 Å². The van der Waals surface area contributed by atoms with Crippen LogP contribution >= 0.6 is 0 Å². The molecule has 4 N–H and O–H groups in total. The number of allylic oxidation sites excluding steroid dienone is 8. The summed E-state index contributed by atoms with van der Waals surface area (Å²) < 4.78 is 22.9. The molecule has 368 valence electrons. The van der Waals surface area contributed by atoms with E-state index in [0.717, 1.165) is 57.8 Å². The maximum absolute atomic E-state index is 12.8. The topological polar surface area (TPSA) is 135 Å². The Kier molecular flexibility index (Phi) is 42.6. The van der Waals surface area contributed by atoms with Gasteiger partial charge >= 0.3 is 5.97 Å². The van der Waals surface area contributed by atoms with E-state index < -0.39 is 43.4 Å². The van der Waals surface area contributed by atoms with Crippen molar-refractivity contribution in [1.29, 1.82) is 0 Å². The summed E-state index contributed by atoms with van der Waals surface area (Å²) >= 11 is 0. The Morgan fingerprint density at radius 1 is 0.508 bits per heavy atom. The highest BCUT2D eigenvalue weighted by atomic mass is 16.7. The van der Waals surface area contributed by atoms with Crippen LogP contribution < -0.4 is 0 Å². The summed E-state index contributed by atoms with van der Waals surface area (Å²) in [5, 5.41) is 40.2. The largest absolute Gasteiger partial charge is 0.457 e. The molecule has 1 heterocycles. The van der Waals surface area contributed by atoms with Crippen molar-refractivity contribution in [1.82, 2.24) is 0 Å². The minimum absolute atomic E-state index is 0.119. The molecule has 0 radical (unpaired) electrons. The normalized spacial score (nSPS) is 20.0. The summed E-state index contributed by atoms with van der Waals surface area (Å²) in [4.78, 5) is 12.8. The van der Waals surface area contributed by atoms with Gasteiger partial charge in [0.15, 0.2) is 6.29 Å². The monoisotopic (exact) mass is 891 g/mol. The van der Waals surface area contributed by atoms with Crippen molar-refractivity contribution in [3.63, 3.8) is 0 Å². The Balaban J connectivity index is 2.21. The van der Waals surface area contributed by atoms with Crippen LogP contribution in [0.5, 0.6) is 0 Å². The number of aliphatic hydroxyl groups is 4. The van der Waals surface area contributed by atoms with E-state index in [1.165, 1.54) is 148 Å². The zero-order valence-electron chi connectivity index (χ0n) is 40.6. The molecule has 1 aliphatic heterocycles. The number of carbonyl (C=O) groups is 1. The molecule has 0 amide bonds. The summed E-state index contributed by atoms with van der Waals surface area (Å²) in [5.74, 6) is -0.322. The van der Waals surface area contributed by atoms with E-state index in [0.29, 0.717) is 13.0 Å². The number of hydrogen-bond acceptors (Lipinski definition) is 9. The van der Waals surface area contributed by atoms with Crippen molar-refractivity contribution in [3.05, 3.63) is 48.6 Å². The molecule has 0 aromatic carbocycles. The second-order valence-electron chi connectivity index (χ2n) is 18.0. The van der Waals surface area contributed by atoms with E-state index >= 15 is 0 Å². The molecule has 0 aromatic rings. The minimum Gasteiger partial charge on any atom is -0.457 e. The summed E-state index contributed by atoms with van der Waals surface area (Å²) in [6.07, 6.45) is 50.0. The Morgan fingerprint density at radius 3 is 1.40 bits per heavy atom. The molecule has 9 nitrogen and oxygen atoms in total. The van der Waals surface area contributed by atoms with Crippen LogP contribution in [0.15, 0.2) is 48.6 Å². The first-order valence-electron chi connectivity index (χ1n) is 26.2. The first-order valence-corrected chi connectivity index (χ1v) is 26.2. The van der Waals surface area contributed by atoms with Crippen molar-refractivity contribution in [2.75, 3.05) is 26.4 Å². The highest BCUT2D eigenvalue weighted by molar-refractivity contribution is 5.69. The van der Waals surface area contributed by atoms with Crippen LogP contribution in [0.3, 0.4) is 0 Å². The number of aliphatic hydroxyl groups excluding tert-OH is 4. The minimum atomic E-state index is -1.54. The zero-order chi connectivity index (χ0) is 45.7. The average molecular weight is 891 g/mol. The van der Waals surface area contributed by atoms with E-state index in [1.54, 1.807) is 0 Å². The van der Waals surface area contributed by atoms with Gasteiger partial charge in [-0.1, -0.05) is 191 Å². The molecule has 0 bridgehead atoms. The maximum Gasteiger partial charge on any atom is 0.306 e. The lowest BCUT2D eigenvalue weighted by Crippen LogP contribution is -2.59. The van der Waals surface area contributed by atoms with Crippen molar-refractivity contribution in [2.45, 2.75) is 263 Å². The van der Waals surface area contributed by atoms with Crippen LogP contribution in [0.2, 0.25) is 0 Å². The van der Waals surface area contributed by atoms with E-state index in [1.807, 2.05) is 0 Å². The summed E-state index contributed by atoms with van der Waals surface area (Å²) in [6.45, 7) is 4.54. The van der Waals surface area contributed by atoms with Gasteiger partial charge in [0, 0.05) is 13.0 Å². The Morgan fingerprint density at radius 2 is 0.921 bits per heavy atom. The second kappa shape index (κ2) is 45.3. The lowest BCUT2D eigenvalue weighted by atomic mass is 9.99. The second-order valence-corrected chi connectivity index (χ2v) is 18.0. The zero-order valence-corrected chi connectivity index (χ0v) is 40.6. The highest BCUT2D eigenvalue weighted by Crippen LogP contribution is 2.23. The fourth-order valence-electron chi connectivity index (χ4n) is 7.85. The number of esters is 1. The predicted molar refractivity (Wildman–Crippen MR) is 261 cm³/mol. The number of hydrogen-bond donors (Lipinski definition) is 4. The molecule has 0 aromatic heterocycles. The summed E-state index contributed by atoms with van der Waals surface area (Å²) in [6, 6.07) is 0. The molecule has 0 aliphatic carbocycles. The van der Waals surface area contributed by atoms with Gasteiger partial charge < -0.3 is 39.4 Å². The van der Waals surface area contributed by atoms with E-state index in [-0.39, 0.29) is 19.2 Å². The highest BCUT2D eigenvalue weighted by Gasteiger charge is 2.44. The van der Waals surface area contributed by atoms with E-state index in [2.05, 4.69) is 62.5 Å². The van der Waals surface area contributed by atoms with Crippen molar-refractivity contribution in [2.24, 2.45) is 0 Å². The number of carbonyl (C=O) groups excluding carboxylic acids is 1. The first-order chi connectivity index (χ1) is 30.9. The quantitative estimate of drug-likeness (QED) is 0.0268. The Hall–Kier alpha value is -1.85. The van der Waals surface area contributed by atoms with E-state index in [9.17, 15) is 25.2 Å². The van der Waals surface area contributed by atoms with E-state index in [4.69, 9.17) is 18.9 Å². The van der Waals surface area contributed by atoms with Gasteiger partial charge in [0.25, 0.3) is 0 Å². The third kappa shape index (κ3) is 36.0. The van der Waals surface area contributed by atoms with Crippen molar-refractivity contribution >= 4 is 5.97 Å². The van der Waals surface area contributed by atoms with Crippen LogP contribution in [0.25, 0.3) is 0 Å². The first kappa shape index (κ1) is 59.2. The molecule has 6 unspecified atom stereocenters. The van der Waals surface area contributed by atoms with Gasteiger partial charge in [-0.25, -0.2) is 0 Å². The smallest absolute Gasteiger partial charge is 0.306 e. The summed E-state index contributed by atoms with van der Waals surface area (Å²) in [7, 11) is 0. The van der Waals surface area contributed by atoms with Crippen molar-refractivity contribution in [3.8, 4) is 0 Å². The van der Waals surface area contributed by atoms with Gasteiger partial charge in [0.05, 0.1) is 19.8 Å². The molecule has 6 atom stereocenters. The van der Waals surface area contributed by atoms with Gasteiger partial charge in [-0.3, -0.25) is 4.79 Å². The van der Waals surface area contributed by atoms with Gasteiger partial charge in [-0.05, 0) is 77.0 Å². The molecule has 1 saturated heterocycles. The Labute approximate surface area is 386 Å². The third-order valence-electron chi connectivity index (χ3n) is 12.0.